The molecule has 0 bridgehead atoms. The third-order valence-electron chi connectivity index (χ3n) is 3.02. The molecule has 0 spiro atoms. The second-order valence-corrected chi connectivity index (χ2v) is 5.39. The first-order valence-electron chi connectivity index (χ1n) is 7.29. The molecule has 2 atom stereocenters. The van der Waals surface area contributed by atoms with Crippen molar-refractivity contribution in [3.05, 3.63) is 29.3 Å². The van der Waals surface area contributed by atoms with Crippen molar-refractivity contribution >= 4 is 0 Å². The van der Waals surface area contributed by atoms with Crippen LogP contribution < -0.4 is 10.1 Å². The summed E-state index contributed by atoms with van der Waals surface area (Å²) in [5, 5.41) is 22.4. The molecule has 4 heteroatoms. The van der Waals surface area contributed by atoms with Gasteiger partial charge in [-0.15, -0.1) is 0 Å². The average molecular weight is 281 g/mol. The molecule has 4 nitrogen and oxygen atoms in total. The normalized spacial score (nSPS) is 14.1. The quantitative estimate of drug-likeness (QED) is 0.646. The number of hydrogen-bond donors (Lipinski definition) is 3. The van der Waals surface area contributed by atoms with Crippen molar-refractivity contribution in [1.29, 1.82) is 0 Å². The molecule has 0 amide bonds. The van der Waals surface area contributed by atoms with Crippen molar-refractivity contribution in [1.82, 2.24) is 5.32 Å². The molecule has 2 unspecified atom stereocenters. The van der Waals surface area contributed by atoms with Gasteiger partial charge in [0, 0.05) is 13.1 Å². The first-order chi connectivity index (χ1) is 9.51. The van der Waals surface area contributed by atoms with Crippen molar-refractivity contribution in [3.8, 4) is 5.75 Å². The maximum absolute atomic E-state index is 9.82. The standard InChI is InChI=1S/C16H27NO3/c1-4-5-14(18)9-17-10-15(19)11-20-16-7-12(2)6-13(3)8-16/h6-8,14-15,17-19H,4-5,9-11H2,1-3H3. The summed E-state index contributed by atoms with van der Waals surface area (Å²) in [4.78, 5) is 0. The number of nitrogens with one attached hydrogen (secondary N) is 1. The van der Waals surface area contributed by atoms with Gasteiger partial charge < -0.3 is 20.3 Å². The number of rotatable bonds is 9. The molecule has 0 radical (unpaired) electrons. The Bertz CT molecular complexity index is 375. The van der Waals surface area contributed by atoms with Gasteiger partial charge in [0.1, 0.15) is 18.5 Å². The molecule has 1 aromatic rings. The number of benzene rings is 1. The lowest BCUT2D eigenvalue weighted by molar-refractivity contribution is 0.0984. The molecule has 0 saturated heterocycles. The van der Waals surface area contributed by atoms with Crippen LogP contribution in [0.4, 0.5) is 0 Å². The van der Waals surface area contributed by atoms with E-state index in [1.54, 1.807) is 0 Å². The summed E-state index contributed by atoms with van der Waals surface area (Å²) in [5.41, 5.74) is 2.30. The highest BCUT2D eigenvalue weighted by Crippen LogP contribution is 2.16. The van der Waals surface area contributed by atoms with Crippen LogP contribution in [0.1, 0.15) is 30.9 Å². The maximum Gasteiger partial charge on any atom is 0.119 e. The highest BCUT2D eigenvalue weighted by molar-refractivity contribution is 5.32. The van der Waals surface area contributed by atoms with Gasteiger partial charge in [0.25, 0.3) is 0 Å². The molecule has 0 aliphatic rings. The van der Waals surface area contributed by atoms with Gasteiger partial charge in [0.05, 0.1) is 6.10 Å². The zero-order chi connectivity index (χ0) is 15.0. The minimum Gasteiger partial charge on any atom is -0.491 e. The molecule has 0 heterocycles. The zero-order valence-electron chi connectivity index (χ0n) is 12.7. The van der Waals surface area contributed by atoms with Crippen LogP contribution in [0.3, 0.4) is 0 Å². The molecule has 1 rings (SSSR count). The molecule has 0 fully saturated rings. The minimum atomic E-state index is -0.579. The van der Waals surface area contributed by atoms with Gasteiger partial charge in [-0.3, -0.25) is 0 Å². The second-order valence-electron chi connectivity index (χ2n) is 5.39. The number of aliphatic hydroxyl groups excluding tert-OH is 2. The van der Waals surface area contributed by atoms with E-state index in [1.165, 1.54) is 0 Å². The van der Waals surface area contributed by atoms with Crippen LogP contribution in [0.5, 0.6) is 5.75 Å². The van der Waals surface area contributed by atoms with E-state index in [1.807, 2.05) is 32.9 Å². The molecule has 0 aliphatic heterocycles. The van der Waals surface area contributed by atoms with Crippen molar-refractivity contribution in [2.24, 2.45) is 0 Å². The molecule has 0 saturated carbocycles. The van der Waals surface area contributed by atoms with E-state index in [9.17, 15) is 10.2 Å². The fraction of sp³-hybridized carbons (Fsp3) is 0.625. The number of ether oxygens (including phenoxy) is 1. The molecule has 1 aromatic carbocycles. The predicted molar refractivity (Wildman–Crippen MR) is 81.2 cm³/mol. The molecule has 20 heavy (non-hydrogen) atoms. The summed E-state index contributed by atoms with van der Waals surface area (Å²) in [6.45, 7) is 7.26. The van der Waals surface area contributed by atoms with E-state index in [-0.39, 0.29) is 12.7 Å². The van der Waals surface area contributed by atoms with Gasteiger partial charge >= 0.3 is 0 Å². The van der Waals surface area contributed by atoms with E-state index in [0.29, 0.717) is 13.1 Å². The third kappa shape index (κ3) is 6.89. The monoisotopic (exact) mass is 281 g/mol. The van der Waals surface area contributed by atoms with Crippen LogP contribution in [0, 0.1) is 13.8 Å². The summed E-state index contributed by atoms with van der Waals surface area (Å²) >= 11 is 0. The zero-order valence-corrected chi connectivity index (χ0v) is 12.7. The minimum absolute atomic E-state index is 0.250. The van der Waals surface area contributed by atoms with Crippen LogP contribution in [0.2, 0.25) is 0 Å². The Morgan fingerprint density at radius 2 is 1.65 bits per heavy atom. The average Bonchev–Trinajstić information content (AvgIpc) is 2.35. The Morgan fingerprint density at radius 3 is 2.25 bits per heavy atom. The second kappa shape index (κ2) is 8.95. The number of aliphatic hydroxyl groups is 2. The van der Waals surface area contributed by atoms with Crippen molar-refractivity contribution < 1.29 is 14.9 Å². The molecule has 3 N–H and O–H groups in total. The third-order valence-corrected chi connectivity index (χ3v) is 3.02. The van der Waals surface area contributed by atoms with Crippen molar-refractivity contribution in [2.45, 2.75) is 45.8 Å². The van der Waals surface area contributed by atoms with E-state index >= 15 is 0 Å². The lowest BCUT2D eigenvalue weighted by Gasteiger charge is -2.15. The summed E-state index contributed by atoms with van der Waals surface area (Å²) < 4.78 is 5.58. The van der Waals surface area contributed by atoms with E-state index in [4.69, 9.17) is 4.74 Å². The molecular formula is C16H27NO3. The fourth-order valence-electron chi connectivity index (χ4n) is 2.12. The van der Waals surface area contributed by atoms with Crippen LogP contribution in [0.25, 0.3) is 0 Å². The Morgan fingerprint density at radius 1 is 1.05 bits per heavy atom. The van der Waals surface area contributed by atoms with Gasteiger partial charge in [-0.2, -0.15) is 0 Å². The lowest BCUT2D eigenvalue weighted by atomic mass is 10.1. The fourth-order valence-corrected chi connectivity index (χ4v) is 2.12. The van der Waals surface area contributed by atoms with E-state index in [2.05, 4.69) is 11.4 Å². The topological polar surface area (TPSA) is 61.7 Å². The lowest BCUT2D eigenvalue weighted by Crippen LogP contribution is -2.35. The summed E-state index contributed by atoms with van der Waals surface area (Å²) in [6.07, 6.45) is 0.820. The van der Waals surface area contributed by atoms with Crippen LogP contribution in [-0.2, 0) is 0 Å². The van der Waals surface area contributed by atoms with Crippen molar-refractivity contribution in [3.63, 3.8) is 0 Å². The number of hydrogen-bond acceptors (Lipinski definition) is 4. The smallest absolute Gasteiger partial charge is 0.119 e. The van der Waals surface area contributed by atoms with E-state index in [0.717, 1.165) is 29.7 Å². The maximum atomic E-state index is 9.82. The Kier molecular flexibility index (Phi) is 7.59. The van der Waals surface area contributed by atoms with Gasteiger partial charge in [-0.25, -0.2) is 0 Å². The predicted octanol–water partition coefficient (Wildman–Crippen LogP) is 1.79. The first kappa shape index (κ1) is 17.0. The Balaban J connectivity index is 2.24. The van der Waals surface area contributed by atoms with Crippen LogP contribution in [-0.4, -0.2) is 42.1 Å². The summed E-state index contributed by atoms with van der Waals surface area (Å²) in [5.74, 6) is 0.785. The van der Waals surface area contributed by atoms with Gasteiger partial charge in [0.15, 0.2) is 0 Å². The highest BCUT2D eigenvalue weighted by Gasteiger charge is 2.07. The summed E-state index contributed by atoms with van der Waals surface area (Å²) in [7, 11) is 0. The Hall–Kier alpha value is -1.10. The molecule has 0 aliphatic carbocycles. The Labute approximate surface area is 121 Å². The number of aryl methyl sites for hydroxylation is 2. The summed E-state index contributed by atoms with van der Waals surface area (Å²) in [6, 6.07) is 6.00. The van der Waals surface area contributed by atoms with Gasteiger partial charge in [-0.05, 0) is 43.5 Å². The first-order valence-corrected chi connectivity index (χ1v) is 7.29. The van der Waals surface area contributed by atoms with E-state index < -0.39 is 6.10 Å². The van der Waals surface area contributed by atoms with Gasteiger partial charge in [0.2, 0.25) is 0 Å². The molecule has 114 valence electrons. The highest BCUT2D eigenvalue weighted by atomic mass is 16.5. The SMILES string of the molecule is CCCC(O)CNCC(O)COc1cc(C)cc(C)c1. The van der Waals surface area contributed by atoms with Crippen LogP contribution in [0.15, 0.2) is 18.2 Å². The molecule has 0 aromatic heterocycles. The largest absolute Gasteiger partial charge is 0.491 e. The van der Waals surface area contributed by atoms with Gasteiger partial charge in [-0.1, -0.05) is 19.4 Å². The van der Waals surface area contributed by atoms with Crippen LogP contribution >= 0.6 is 0 Å². The molecular weight excluding hydrogens is 254 g/mol. The van der Waals surface area contributed by atoms with Crippen molar-refractivity contribution in [2.75, 3.05) is 19.7 Å².